The first-order chi connectivity index (χ1) is 9.61. The maximum Gasteiger partial charge on any atom is 0.104 e. The molecule has 0 fully saturated rings. The van der Waals surface area contributed by atoms with Crippen LogP contribution in [-0.2, 0) is 6.42 Å². The highest BCUT2D eigenvalue weighted by Gasteiger charge is 2.11. The van der Waals surface area contributed by atoms with Gasteiger partial charge in [-0.15, -0.1) is 0 Å². The van der Waals surface area contributed by atoms with Gasteiger partial charge < -0.3 is 10.0 Å². The molecule has 20 heavy (non-hydrogen) atoms. The summed E-state index contributed by atoms with van der Waals surface area (Å²) in [6.07, 6.45) is 1.67. The van der Waals surface area contributed by atoms with Crippen molar-refractivity contribution in [3.63, 3.8) is 0 Å². The molecule has 1 atom stereocenters. The second-order valence-electron chi connectivity index (χ2n) is 5.38. The van der Waals surface area contributed by atoms with Crippen molar-refractivity contribution in [2.45, 2.75) is 25.9 Å². The summed E-state index contributed by atoms with van der Waals surface area (Å²) in [5, 5.41) is 10.5. The number of hydrogen-bond donors (Lipinski definition) is 1. The van der Waals surface area contributed by atoms with Crippen molar-refractivity contribution >= 4 is 5.69 Å². The summed E-state index contributed by atoms with van der Waals surface area (Å²) in [6.45, 7) is 2.18. The third kappa shape index (κ3) is 3.40. The molecule has 0 spiro atoms. The Bertz CT molecular complexity index is 546. The lowest BCUT2D eigenvalue weighted by atomic mass is 9.99. The van der Waals surface area contributed by atoms with Gasteiger partial charge in [0.25, 0.3) is 0 Å². The Morgan fingerprint density at radius 3 is 2.30 bits per heavy atom. The Balaban J connectivity index is 2.21. The summed E-state index contributed by atoms with van der Waals surface area (Å²) in [5.41, 5.74) is 4.30. The molecule has 0 aromatic heterocycles. The van der Waals surface area contributed by atoms with Crippen LogP contribution >= 0.6 is 0 Å². The van der Waals surface area contributed by atoms with Crippen LogP contribution in [0.15, 0.2) is 48.5 Å². The SMILES string of the molecule is CCCc1ccc(C(O)c2cccc(N(C)C)c2)cc1. The molecule has 2 aromatic carbocycles. The summed E-state index contributed by atoms with van der Waals surface area (Å²) >= 11 is 0. The molecule has 0 radical (unpaired) electrons. The van der Waals surface area contributed by atoms with E-state index < -0.39 is 6.10 Å². The number of aliphatic hydroxyl groups is 1. The van der Waals surface area contributed by atoms with Crippen molar-refractivity contribution in [2.24, 2.45) is 0 Å². The number of benzene rings is 2. The van der Waals surface area contributed by atoms with E-state index in [2.05, 4.69) is 19.1 Å². The van der Waals surface area contributed by atoms with E-state index >= 15 is 0 Å². The van der Waals surface area contributed by atoms with Gasteiger partial charge in [0, 0.05) is 19.8 Å². The molecule has 2 nitrogen and oxygen atoms in total. The third-order valence-corrected chi connectivity index (χ3v) is 3.54. The Morgan fingerprint density at radius 1 is 1.00 bits per heavy atom. The highest BCUT2D eigenvalue weighted by Crippen LogP contribution is 2.25. The maximum atomic E-state index is 10.5. The predicted molar refractivity (Wildman–Crippen MR) is 85.3 cm³/mol. The molecule has 0 aliphatic rings. The van der Waals surface area contributed by atoms with Crippen molar-refractivity contribution < 1.29 is 5.11 Å². The number of hydrogen-bond acceptors (Lipinski definition) is 2. The van der Waals surface area contributed by atoms with Crippen LogP contribution in [0.1, 0.15) is 36.1 Å². The lowest BCUT2D eigenvalue weighted by Crippen LogP contribution is -2.09. The summed E-state index contributed by atoms with van der Waals surface area (Å²) in [5.74, 6) is 0. The molecular formula is C18H23NO. The molecule has 0 heterocycles. The van der Waals surface area contributed by atoms with Crippen molar-refractivity contribution in [1.29, 1.82) is 0 Å². The van der Waals surface area contributed by atoms with Gasteiger partial charge in [-0.3, -0.25) is 0 Å². The standard InChI is InChI=1S/C18H23NO/c1-4-6-14-9-11-15(12-10-14)18(20)16-7-5-8-17(13-16)19(2)3/h5,7-13,18,20H,4,6H2,1-3H3. The number of aryl methyl sites for hydroxylation is 1. The molecule has 2 aromatic rings. The number of aliphatic hydroxyl groups excluding tert-OH is 1. The summed E-state index contributed by atoms with van der Waals surface area (Å²) in [6, 6.07) is 16.3. The summed E-state index contributed by atoms with van der Waals surface area (Å²) in [4.78, 5) is 2.04. The van der Waals surface area contributed by atoms with E-state index in [1.165, 1.54) is 5.56 Å². The van der Waals surface area contributed by atoms with E-state index in [0.29, 0.717) is 0 Å². The normalized spacial score (nSPS) is 12.2. The first-order valence-corrected chi connectivity index (χ1v) is 7.16. The van der Waals surface area contributed by atoms with Crippen LogP contribution in [0.5, 0.6) is 0 Å². The predicted octanol–water partition coefficient (Wildman–Crippen LogP) is 3.79. The van der Waals surface area contributed by atoms with Crippen LogP contribution in [-0.4, -0.2) is 19.2 Å². The van der Waals surface area contributed by atoms with Gasteiger partial charge >= 0.3 is 0 Å². The van der Waals surface area contributed by atoms with E-state index in [1.54, 1.807) is 0 Å². The number of nitrogens with zero attached hydrogens (tertiary/aromatic N) is 1. The largest absolute Gasteiger partial charge is 0.384 e. The minimum absolute atomic E-state index is 0.564. The fourth-order valence-corrected chi connectivity index (χ4v) is 2.32. The molecule has 0 saturated carbocycles. The molecule has 0 saturated heterocycles. The molecular weight excluding hydrogens is 246 g/mol. The van der Waals surface area contributed by atoms with Gasteiger partial charge in [-0.25, -0.2) is 0 Å². The zero-order valence-corrected chi connectivity index (χ0v) is 12.5. The first kappa shape index (κ1) is 14.6. The van der Waals surface area contributed by atoms with Crippen molar-refractivity contribution in [3.8, 4) is 0 Å². The van der Waals surface area contributed by atoms with Crippen LogP contribution in [0.3, 0.4) is 0 Å². The van der Waals surface area contributed by atoms with Gasteiger partial charge in [0.2, 0.25) is 0 Å². The van der Waals surface area contributed by atoms with Gasteiger partial charge in [0.15, 0.2) is 0 Å². The first-order valence-electron chi connectivity index (χ1n) is 7.16. The van der Waals surface area contributed by atoms with E-state index in [9.17, 15) is 5.11 Å². The van der Waals surface area contributed by atoms with Crippen LogP contribution in [0.2, 0.25) is 0 Å². The van der Waals surface area contributed by atoms with Gasteiger partial charge in [0.05, 0.1) is 0 Å². The Labute approximate surface area is 121 Å². The molecule has 0 amide bonds. The molecule has 2 heteroatoms. The fraction of sp³-hybridized carbons (Fsp3) is 0.333. The van der Waals surface area contributed by atoms with Crippen molar-refractivity contribution in [3.05, 3.63) is 65.2 Å². The Hall–Kier alpha value is -1.80. The third-order valence-electron chi connectivity index (χ3n) is 3.54. The second kappa shape index (κ2) is 6.58. The molecule has 0 bridgehead atoms. The van der Waals surface area contributed by atoms with Gasteiger partial charge in [-0.05, 0) is 35.2 Å². The number of rotatable bonds is 5. The Morgan fingerprint density at radius 2 is 1.70 bits per heavy atom. The van der Waals surface area contributed by atoms with Crippen LogP contribution in [0.25, 0.3) is 0 Å². The molecule has 1 N–H and O–H groups in total. The van der Waals surface area contributed by atoms with Crippen LogP contribution < -0.4 is 4.90 Å². The van der Waals surface area contributed by atoms with E-state index in [4.69, 9.17) is 0 Å². The highest BCUT2D eigenvalue weighted by atomic mass is 16.3. The van der Waals surface area contributed by atoms with Crippen LogP contribution in [0, 0.1) is 0 Å². The monoisotopic (exact) mass is 269 g/mol. The minimum atomic E-state index is -0.564. The average Bonchev–Trinajstić information content (AvgIpc) is 2.48. The summed E-state index contributed by atoms with van der Waals surface area (Å²) < 4.78 is 0. The molecule has 0 aliphatic carbocycles. The topological polar surface area (TPSA) is 23.5 Å². The Kier molecular flexibility index (Phi) is 4.80. The smallest absolute Gasteiger partial charge is 0.104 e. The van der Waals surface area contributed by atoms with Gasteiger partial charge in [-0.1, -0.05) is 49.7 Å². The molecule has 106 valence electrons. The fourth-order valence-electron chi connectivity index (χ4n) is 2.32. The van der Waals surface area contributed by atoms with Crippen molar-refractivity contribution in [2.75, 3.05) is 19.0 Å². The van der Waals surface area contributed by atoms with E-state index in [0.717, 1.165) is 29.7 Å². The lowest BCUT2D eigenvalue weighted by Gasteiger charge is -2.17. The van der Waals surface area contributed by atoms with Gasteiger partial charge in [0.1, 0.15) is 6.10 Å². The van der Waals surface area contributed by atoms with E-state index in [-0.39, 0.29) is 0 Å². The van der Waals surface area contributed by atoms with Gasteiger partial charge in [-0.2, -0.15) is 0 Å². The maximum absolute atomic E-state index is 10.5. The molecule has 1 unspecified atom stereocenters. The lowest BCUT2D eigenvalue weighted by molar-refractivity contribution is 0.220. The zero-order valence-electron chi connectivity index (χ0n) is 12.5. The minimum Gasteiger partial charge on any atom is -0.384 e. The highest BCUT2D eigenvalue weighted by molar-refractivity contribution is 5.49. The van der Waals surface area contributed by atoms with Crippen molar-refractivity contribution in [1.82, 2.24) is 0 Å². The quantitative estimate of drug-likeness (QED) is 0.892. The molecule has 0 aliphatic heterocycles. The summed E-state index contributed by atoms with van der Waals surface area (Å²) in [7, 11) is 4.01. The van der Waals surface area contributed by atoms with Crippen LogP contribution in [0.4, 0.5) is 5.69 Å². The second-order valence-corrected chi connectivity index (χ2v) is 5.38. The average molecular weight is 269 g/mol. The zero-order chi connectivity index (χ0) is 14.5. The van der Waals surface area contributed by atoms with E-state index in [1.807, 2.05) is 55.4 Å². The molecule has 2 rings (SSSR count). The number of anilines is 1.